The van der Waals surface area contributed by atoms with Crippen LogP contribution in [0.5, 0.6) is 0 Å². The molecule has 5 heterocycles. The van der Waals surface area contributed by atoms with E-state index in [2.05, 4.69) is 78.4 Å². The molecule has 0 spiro atoms. The molecule has 738 valence electrons. The van der Waals surface area contributed by atoms with Crippen molar-refractivity contribution in [3.05, 3.63) is 126 Å². The second kappa shape index (κ2) is 52.6. The van der Waals surface area contributed by atoms with Crippen LogP contribution in [0.3, 0.4) is 0 Å². The van der Waals surface area contributed by atoms with Gasteiger partial charge in [-0.15, -0.1) is 11.8 Å². The second-order valence-electron chi connectivity index (χ2n) is 34.7. The molecule has 3 aromatic heterocycles. The molecule has 43 nitrogen and oxygen atoms in total. The van der Waals surface area contributed by atoms with E-state index in [1.165, 1.54) is 47.6 Å². The highest BCUT2D eigenvalue weighted by atomic mass is 32.2. The van der Waals surface area contributed by atoms with Gasteiger partial charge in [-0.3, -0.25) is 91.7 Å². The molecule has 22 N–H and O–H groups in total. The van der Waals surface area contributed by atoms with Crippen molar-refractivity contribution in [2.75, 3.05) is 65.9 Å². The van der Waals surface area contributed by atoms with Crippen LogP contribution in [-0.2, 0) is 112 Å². The maximum Gasteiger partial charge on any atom is 0.303 e. The predicted octanol–water partition coefficient (Wildman–Crippen LogP) is -0.875. The van der Waals surface area contributed by atoms with E-state index in [0.29, 0.717) is 59.0 Å². The molecule has 136 heavy (non-hydrogen) atoms. The van der Waals surface area contributed by atoms with E-state index in [4.69, 9.17) is 22.6 Å². The maximum atomic E-state index is 15.8. The quantitative estimate of drug-likeness (QED) is 0.0154. The molecule has 2 aliphatic heterocycles. The van der Waals surface area contributed by atoms with E-state index in [0.717, 1.165) is 47.2 Å². The molecule has 0 saturated carbocycles. The van der Waals surface area contributed by atoms with Crippen LogP contribution in [0.4, 0.5) is 0 Å². The van der Waals surface area contributed by atoms with Crippen LogP contribution in [0.15, 0.2) is 104 Å². The summed E-state index contributed by atoms with van der Waals surface area (Å²) in [6.45, 7) is 6.92. The number of carbonyl (C=O) groups excluding carboxylic acids is 17. The fourth-order valence-corrected chi connectivity index (χ4v) is 17.2. The first-order chi connectivity index (χ1) is 64.8. The van der Waals surface area contributed by atoms with Gasteiger partial charge in [0.15, 0.2) is 5.96 Å². The van der Waals surface area contributed by atoms with Crippen LogP contribution in [-0.4, -0.2) is 306 Å². The molecule has 8 rings (SSSR count). The summed E-state index contributed by atoms with van der Waals surface area (Å²) >= 11 is 0.788. The van der Waals surface area contributed by atoms with E-state index >= 15 is 24.0 Å². The SMILES string of the molecule is CCCC[C@H]1C(=O)N(C)[C@@H](CCCC)C(=O)N[C@@H](CCCNC(=N)N)C(=O)N[C@H](C(=O)NCC(N)=O)CSCC(=O)N[C@@H](Cc2ccccc2)C(=O)N(C)[C@@H](C)C(=O)N[C@@H](CC(N)=O)C(=O)N2CCC[C@H]2C(=O)N[C@@H](Cc2cnc[nH]2)C(=O)N[C@@H](CC(C)C)C(=O)N(C)CC(=O)N[C@@H](CCc2c[nH]c3ccccc23)C(=O)N[C@H](CCC(=O)O)C(=O)N[C@@H](Cc2c[nH]c3ccccc23)C(=O)N1C. The van der Waals surface area contributed by atoms with Crippen LogP contribution in [0.1, 0.15) is 153 Å². The number of imidazole rings is 1. The summed E-state index contributed by atoms with van der Waals surface area (Å²) in [5, 5.41) is 48.7. The number of guanidine groups is 1. The van der Waals surface area contributed by atoms with Gasteiger partial charge in [0.05, 0.1) is 31.6 Å². The van der Waals surface area contributed by atoms with E-state index in [1.54, 1.807) is 86.9 Å². The van der Waals surface area contributed by atoms with E-state index in [-0.39, 0.29) is 96.1 Å². The number of unbranched alkanes of at least 4 members (excludes halogenated alkanes) is 2. The van der Waals surface area contributed by atoms with E-state index in [9.17, 15) is 67.4 Å². The molecule has 2 saturated heterocycles. The number of likely N-dealkylation sites (N-methyl/N-ethyl adjacent to an activating group) is 4. The molecule has 17 amide bonds. The number of thioether (sulfide) groups is 1. The molecule has 0 bridgehead atoms. The Morgan fingerprint density at radius 1 is 0.537 bits per heavy atom. The molecular formula is C92H130N24O19S. The van der Waals surface area contributed by atoms with E-state index < -0.39 is 235 Å². The monoisotopic (exact) mass is 1910 g/mol. The number of rotatable bonds is 29. The lowest BCUT2D eigenvalue weighted by Gasteiger charge is -2.36. The van der Waals surface area contributed by atoms with Crippen molar-refractivity contribution in [2.45, 2.75) is 235 Å². The van der Waals surface area contributed by atoms with E-state index in [1.807, 2.05) is 32.0 Å². The second-order valence-corrected chi connectivity index (χ2v) is 35.8. The highest BCUT2D eigenvalue weighted by Crippen LogP contribution is 2.27. The number of fused-ring (bicyclic) bond motifs is 3. The van der Waals surface area contributed by atoms with Gasteiger partial charge in [-0.1, -0.05) is 120 Å². The average molecular weight is 1910 g/mol. The van der Waals surface area contributed by atoms with Gasteiger partial charge in [0, 0.05) is 119 Å². The van der Waals surface area contributed by atoms with Gasteiger partial charge in [0.1, 0.15) is 78.5 Å². The lowest BCUT2D eigenvalue weighted by Crippen LogP contribution is -2.61. The number of carboxylic acid groups (broad SMARTS) is 1. The highest BCUT2D eigenvalue weighted by molar-refractivity contribution is 8.00. The largest absolute Gasteiger partial charge is 0.481 e. The first-order valence-corrected chi connectivity index (χ1v) is 46.8. The number of H-pyrrole nitrogens is 3. The number of carboxylic acids is 1. The molecule has 0 unspecified atom stereocenters. The number of primary amides is 2. The van der Waals surface area contributed by atoms with Gasteiger partial charge >= 0.3 is 5.97 Å². The Balaban J connectivity index is 1.20. The predicted molar refractivity (Wildman–Crippen MR) is 504 cm³/mol. The van der Waals surface area contributed by atoms with Gasteiger partial charge in [-0.2, -0.15) is 0 Å². The van der Waals surface area contributed by atoms with Crippen molar-refractivity contribution in [1.29, 1.82) is 5.41 Å². The minimum atomic E-state index is -1.77. The first-order valence-electron chi connectivity index (χ1n) is 45.7. The molecule has 2 aliphatic rings. The van der Waals surface area contributed by atoms with Crippen LogP contribution < -0.4 is 75.7 Å². The number of hydrogen-bond donors (Lipinski definition) is 19. The molecule has 0 aliphatic carbocycles. The lowest BCUT2D eigenvalue weighted by atomic mass is 9.99. The Labute approximate surface area is 792 Å². The number of benzene rings is 3. The van der Waals surface area contributed by atoms with Gasteiger partial charge in [-0.25, -0.2) is 4.98 Å². The molecule has 0 radical (unpaired) electrons. The normalized spacial score (nSPS) is 23.1. The third kappa shape index (κ3) is 31.9. The number of nitrogens with one attached hydrogen (secondary N) is 15. The van der Waals surface area contributed by atoms with Gasteiger partial charge in [0.2, 0.25) is 100 Å². The number of aliphatic carboxylic acids is 1. The summed E-state index contributed by atoms with van der Waals surface area (Å²) < 4.78 is 0. The topological polar surface area (TPSA) is 638 Å². The third-order valence-electron chi connectivity index (χ3n) is 23.9. The summed E-state index contributed by atoms with van der Waals surface area (Å²) in [6.07, 6.45) is 4.72. The van der Waals surface area contributed by atoms with Crippen LogP contribution in [0, 0.1) is 11.3 Å². The van der Waals surface area contributed by atoms with Gasteiger partial charge in [-0.05, 0) is 106 Å². The minimum absolute atomic E-state index is 0.00522. The number of aryl methyl sites for hydroxylation is 1. The van der Waals surface area contributed by atoms with Crippen molar-refractivity contribution >= 4 is 146 Å². The zero-order chi connectivity index (χ0) is 99.6. The zero-order valence-electron chi connectivity index (χ0n) is 78.2. The van der Waals surface area contributed by atoms with Crippen molar-refractivity contribution in [3.8, 4) is 0 Å². The molecule has 13 atom stereocenters. The summed E-state index contributed by atoms with van der Waals surface area (Å²) in [6, 6.07) is 2.95. The Hall–Kier alpha value is -14.0. The lowest BCUT2D eigenvalue weighted by molar-refractivity contribution is -0.149. The Bertz CT molecular complexity index is 5210. The van der Waals surface area contributed by atoms with Crippen molar-refractivity contribution in [3.63, 3.8) is 0 Å². The molecule has 2 fully saturated rings. The fourth-order valence-electron chi connectivity index (χ4n) is 16.3. The van der Waals surface area contributed by atoms with Crippen LogP contribution in [0.2, 0.25) is 0 Å². The number of hydrogen-bond acceptors (Lipinski definition) is 21. The third-order valence-corrected chi connectivity index (χ3v) is 24.9. The highest BCUT2D eigenvalue weighted by Gasteiger charge is 2.44. The standard InChI is InChI=1S/C92H130N24O19S/c1-10-12-30-71-85(129)106-62(29-21-37-98-92(95)96)81(125)111-70(80(124)101-47-75(94)118)49-136-50-77(120)104-67(40-54-23-15-14-16-24-54)88(132)113(7)53(5)79(123)108-69(43-74(93)117)90(134)116-38-22-32-72(116)86(130)107-65(42-57-46-97-51-102-57)84(128)109-66(39-52(3)4)87(131)112(6)48-76(119)103-63(34-33-55-44-99-60-27-19-17-25-58(55)60)82(126)105-64(35-36-78(121)122)83(127)110-68(41-56-45-100-61-28-20-18-26-59(56)61)89(133)115(9)73(31-13-11-2)91(135)114(71)8/h14-20,23-28,44-46,51-53,62-73,99-100H,10-13,21-22,29-43,47-50H2,1-9H3,(H2,93,117)(H2,94,118)(H,97,102)(H,101,124)(H,103,119)(H,104,120)(H,105,126)(H,106,129)(H,107,130)(H,108,123)(H,109,128)(H,110,127)(H,111,125)(H,121,122)(H4,95,96,98)/t53-,62-,63-,64+,65-,66-,67-,68-,69-,70-,71-,72-,73-/m0/s1. The summed E-state index contributed by atoms with van der Waals surface area (Å²) in [5.41, 5.74) is 20.3. The summed E-state index contributed by atoms with van der Waals surface area (Å²) in [7, 11) is 5.22. The Kier molecular flexibility index (Phi) is 41.5. The van der Waals surface area contributed by atoms with Crippen molar-refractivity contribution < 1.29 is 91.4 Å². The van der Waals surface area contributed by atoms with Gasteiger partial charge < -0.3 is 120 Å². The summed E-state index contributed by atoms with van der Waals surface area (Å²) in [5.74, 6) is -18.7. The Morgan fingerprint density at radius 3 is 1.71 bits per heavy atom. The average Bonchev–Trinajstić information content (AvgIpc) is 1.51. The maximum absolute atomic E-state index is 15.8. The number of para-hydroxylation sites is 2. The van der Waals surface area contributed by atoms with Crippen molar-refractivity contribution in [1.82, 2.24) is 103 Å². The van der Waals surface area contributed by atoms with Crippen LogP contribution in [0.25, 0.3) is 21.8 Å². The minimum Gasteiger partial charge on any atom is -0.481 e. The van der Waals surface area contributed by atoms with Crippen molar-refractivity contribution in [2.24, 2.45) is 23.1 Å². The molecular weight excluding hydrogens is 1780 g/mol. The number of nitrogens with zero attached hydrogens (tertiary/aromatic N) is 6. The summed E-state index contributed by atoms with van der Waals surface area (Å²) in [4.78, 5) is 281. The molecule has 44 heteroatoms. The zero-order valence-corrected chi connectivity index (χ0v) is 79.0. The number of nitrogens with two attached hydrogens (primary N) is 3. The Morgan fingerprint density at radius 2 is 1.09 bits per heavy atom. The molecule has 6 aromatic rings. The van der Waals surface area contributed by atoms with Crippen LogP contribution >= 0.6 is 11.8 Å². The number of amides is 17. The fraction of sp³-hybridized carbons (Fsp3) is 0.522. The number of carbonyl (C=O) groups is 18. The van der Waals surface area contributed by atoms with Gasteiger partial charge in [0.25, 0.3) is 0 Å². The first kappa shape index (κ1) is 107. The molecule has 3 aromatic carbocycles. The smallest absolute Gasteiger partial charge is 0.303 e. The number of aromatic nitrogens is 4. The number of aromatic amines is 3.